The van der Waals surface area contributed by atoms with Gasteiger partial charge in [0.15, 0.2) is 5.82 Å². The molecular weight excluding hydrogens is 320 g/mol. The SMILES string of the molecule is CC[C@H](C(N)=O)N1CC[C@@H](N(Cc2nnc(C3CC3)n2C)C(C)=O)C1. The summed E-state index contributed by atoms with van der Waals surface area (Å²) in [6.45, 7) is 5.46. The second kappa shape index (κ2) is 7.11. The van der Waals surface area contributed by atoms with Gasteiger partial charge in [0.2, 0.25) is 11.8 Å². The molecule has 1 saturated heterocycles. The van der Waals surface area contributed by atoms with E-state index in [0.29, 0.717) is 25.4 Å². The van der Waals surface area contributed by atoms with Crippen LogP contribution in [-0.2, 0) is 23.2 Å². The highest BCUT2D eigenvalue weighted by Gasteiger charge is 2.35. The average Bonchev–Trinajstić information content (AvgIpc) is 3.17. The Kier molecular flexibility index (Phi) is 5.08. The maximum atomic E-state index is 12.2. The van der Waals surface area contributed by atoms with E-state index >= 15 is 0 Å². The van der Waals surface area contributed by atoms with Crippen molar-refractivity contribution in [3.05, 3.63) is 11.6 Å². The summed E-state index contributed by atoms with van der Waals surface area (Å²) in [6, 6.07) is -0.179. The van der Waals surface area contributed by atoms with Gasteiger partial charge in [0.05, 0.1) is 12.6 Å². The van der Waals surface area contributed by atoms with E-state index < -0.39 is 0 Å². The first kappa shape index (κ1) is 17.8. The van der Waals surface area contributed by atoms with Crippen molar-refractivity contribution in [3.8, 4) is 0 Å². The molecular formula is C17H28N6O2. The first-order chi connectivity index (χ1) is 11.9. The lowest BCUT2D eigenvalue weighted by molar-refractivity contribution is -0.131. The second-order valence-corrected chi connectivity index (χ2v) is 7.22. The number of carbonyl (C=O) groups is 2. The minimum Gasteiger partial charge on any atom is -0.368 e. The number of hydrogen-bond donors (Lipinski definition) is 1. The lowest BCUT2D eigenvalue weighted by Crippen LogP contribution is -2.46. The van der Waals surface area contributed by atoms with Gasteiger partial charge in [-0.3, -0.25) is 14.5 Å². The Hall–Kier alpha value is -1.96. The Balaban J connectivity index is 1.70. The fraction of sp³-hybridized carbons (Fsp3) is 0.765. The number of likely N-dealkylation sites (tertiary alicyclic amines) is 1. The zero-order chi connectivity index (χ0) is 18.1. The standard InChI is InChI=1S/C17H28N6O2/c1-4-14(16(18)25)22-8-7-13(9-22)23(11(2)24)10-15-19-20-17(21(15)3)12-5-6-12/h12-14H,4-10H2,1-3H3,(H2,18,25)/t13-,14-/m1/s1. The van der Waals surface area contributed by atoms with Crippen molar-refractivity contribution < 1.29 is 9.59 Å². The Bertz CT molecular complexity index is 654. The van der Waals surface area contributed by atoms with Gasteiger partial charge in [-0.25, -0.2) is 0 Å². The molecule has 0 radical (unpaired) electrons. The van der Waals surface area contributed by atoms with E-state index in [9.17, 15) is 9.59 Å². The van der Waals surface area contributed by atoms with Gasteiger partial charge in [-0.1, -0.05) is 6.92 Å². The lowest BCUT2D eigenvalue weighted by Gasteiger charge is -2.29. The molecule has 138 valence electrons. The fourth-order valence-corrected chi connectivity index (χ4v) is 3.80. The molecule has 0 bridgehead atoms. The van der Waals surface area contributed by atoms with E-state index in [4.69, 9.17) is 5.73 Å². The molecule has 2 fully saturated rings. The van der Waals surface area contributed by atoms with Crippen LogP contribution in [0.2, 0.25) is 0 Å². The Morgan fingerprint density at radius 2 is 2.04 bits per heavy atom. The van der Waals surface area contributed by atoms with Gasteiger partial charge in [-0.05, 0) is 25.7 Å². The highest BCUT2D eigenvalue weighted by Crippen LogP contribution is 2.38. The summed E-state index contributed by atoms with van der Waals surface area (Å²) in [5.74, 6) is 2.10. The molecule has 2 atom stereocenters. The fourth-order valence-electron chi connectivity index (χ4n) is 3.80. The highest BCUT2D eigenvalue weighted by molar-refractivity contribution is 5.79. The molecule has 25 heavy (non-hydrogen) atoms. The monoisotopic (exact) mass is 348 g/mol. The molecule has 0 spiro atoms. The molecule has 1 aromatic rings. The zero-order valence-corrected chi connectivity index (χ0v) is 15.3. The summed E-state index contributed by atoms with van der Waals surface area (Å²) in [5, 5.41) is 8.60. The summed E-state index contributed by atoms with van der Waals surface area (Å²) >= 11 is 0. The third-order valence-electron chi connectivity index (χ3n) is 5.45. The van der Waals surface area contributed by atoms with Crippen molar-refractivity contribution in [2.24, 2.45) is 12.8 Å². The number of nitrogens with zero attached hydrogens (tertiary/aromatic N) is 5. The molecule has 1 aliphatic heterocycles. The van der Waals surface area contributed by atoms with Gasteiger partial charge in [0.25, 0.3) is 0 Å². The largest absolute Gasteiger partial charge is 0.368 e. The number of hydrogen-bond acceptors (Lipinski definition) is 5. The molecule has 1 aromatic heterocycles. The molecule has 2 amide bonds. The van der Waals surface area contributed by atoms with Crippen molar-refractivity contribution in [2.75, 3.05) is 13.1 Å². The molecule has 2 aliphatic rings. The van der Waals surface area contributed by atoms with Gasteiger partial charge in [-0.2, -0.15) is 0 Å². The van der Waals surface area contributed by atoms with Gasteiger partial charge >= 0.3 is 0 Å². The van der Waals surface area contributed by atoms with Crippen molar-refractivity contribution in [3.63, 3.8) is 0 Å². The topological polar surface area (TPSA) is 97.3 Å². The molecule has 1 saturated carbocycles. The predicted octanol–water partition coefficient (Wildman–Crippen LogP) is 0.379. The molecule has 2 N–H and O–H groups in total. The van der Waals surface area contributed by atoms with E-state index in [2.05, 4.69) is 15.1 Å². The van der Waals surface area contributed by atoms with Gasteiger partial charge in [0.1, 0.15) is 5.82 Å². The van der Waals surface area contributed by atoms with Crippen LogP contribution in [0.15, 0.2) is 0 Å². The van der Waals surface area contributed by atoms with Crippen molar-refractivity contribution >= 4 is 11.8 Å². The molecule has 3 rings (SSSR count). The number of rotatable bonds is 7. The molecule has 8 heteroatoms. The van der Waals surface area contributed by atoms with Crippen LogP contribution in [0.5, 0.6) is 0 Å². The zero-order valence-electron chi connectivity index (χ0n) is 15.3. The number of amides is 2. The van der Waals surface area contributed by atoms with Crippen LogP contribution in [0.3, 0.4) is 0 Å². The first-order valence-corrected chi connectivity index (χ1v) is 9.11. The maximum Gasteiger partial charge on any atom is 0.234 e. The second-order valence-electron chi connectivity index (χ2n) is 7.22. The maximum absolute atomic E-state index is 12.2. The van der Waals surface area contributed by atoms with Crippen LogP contribution in [0.1, 0.15) is 57.1 Å². The third-order valence-corrected chi connectivity index (χ3v) is 5.45. The summed E-state index contributed by atoms with van der Waals surface area (Å²) in [7, 11) is 1.97. The van der Waals surface area contributed by atoms with Crippen LogP contribution >= 0.6 is 0 Å². The molecule has 0 aromatic carbocycles. The van der Waals surface area contributed by atoms with Gasteiger partial charge < -0.3 is 15.2 Å². The van der Waals surface area contributed by atoms with E-state index in [-0.39, 0.29) is 23.9 Å². The Morgan fingerprint density at radius 3 is 2.60 bits per heavy atom. The van der Waals surface area contributed by atoms with Crippen LogP contribution in [-0.4, -0.2) is 61.6 Å². The van der Waals surface area contributed by atoms with Gasteiger partial charge in [0, 0.05) is 39.0 Å². The van der Waals surface area contributed by atoms with E-state index in [1.54, 1.807) is 6.92 Å². The number of nitrogens with two attached hydrogens (primary N) is 1. The van der Waals surface area contributed by atoms with Crippen LogP contribution in [0.25, 0.3) is 0 Å². The summed E-state index contributed by atoms with van der Waals surface area (Å²) in [5.41, 5.74) is 5.51. The van der Waals surface area contributed by atoms with E-state index in [1.807, 2.05) is 23.4 Å². The van der Waals surface area contributed by atoms with E-state index in [0.717, 1.165) is 24.6 Å². The summed E-state index contributed by atoms with van der Waals surface area (Å²) in [6.07, 6.45) is 3.88. The summed E-state index contributed by atoms with van der Waals surface area (Å²) in [4.78, 5) is 27.8. The average molecular weight is 348 g/mol. The smallest absolute Gasteiger partial charge is 0.234 e. The number of carbonyl (C=O) groups excluding carboxylic acids is 2. The van der Waals surface area contributed by atoms with Crippen LogP contribution in [0.4, 0.5) is 0 Å². The first-order valence-electron chi connectivity index (χ1n) is 9.11. The summed E-state index contributed by atoms with van der Waals surface area (Å²) < 4.78 is 2.03. The highest BCUT2D eigenvalue weighted by atomic mass is 16.2. The van der Waals surface area contributed by atoms with Crippen LogP contribution < -0.4 is 5.73 Å². The van der Waals surface area contributed by atoms with Crippen molar-refractivity contribution in [2.45, 2.75) is 64.1 Å². The van der Waals surface area contributed by atoms with Crippen molar-refractivity contribution in [1.29, 1.82) is 0 Å². The molecule has 0 unspecified atom stereocenters. The lowest BCUT2D eigenvalue weighted by atomic mass is 10.2. The number of primary amides is 1. The van der Waals surface area contributed by atoms with E-state index in [1.165, 1.54) is 12.8 Å². The molecule has 1 aliphatic carbocycles. The quantitative estimate of drug-likeness (QED) is 0.768. The normalized spacial score (nSPS) is 22.1. The van der Waals surface area contributed by atoms with Crippen molar-refractivity contribution in [1.82, 2.24) is 24.6 Å². The molecule has 2 heterocycles. The minimum atomic E-state index is -0.292. The molecule has 8 nitrogen and oxygen atoms in total. The minimum absolute atomic E-state index is 0.0231. The number of aromatic nitrogens is 3. The van der Waals surface area contributed by atoms with Crippen LogP contribution in [0, 0.1) is 0 Å². The third kappa shape index (κ3) is 3.68. The Labute approximate surface area is 148 Å². The predicted molar refractivity (Wildman–Crippen MR) is 92.5 cm³/mol. The Morgan fingerprint density at radius 1 is 1.32 bits per heavy atom. The van der Waals surface area contributed by atoms with Gasteiger partial charge in [-0.15, -0.1) is 10.2 Å².